The highest BCUT2D eigenvalue weighted by Crippen LogP contribution is 2.43. The average Bonchev–Trinajstić information content (AvgIpc) is 2.53. The zero-order valence-electron chi connectivity index (χ0n) is 15.9. The molecular formula is C22H29IO. The fourth-order valence-corrected chi connectivity index (χ4v) is 4.27. The molecule has 0 saturated carbocycles. The normalized spacial score (nSPS) is 11.6. The molecule has 0 saturated heterocycles. The van der Waals surface area contributed by atoms with Gasteiger partial charge in [0.15, 0.2) is 0 Å². The van der Waals surface area contributed by atoms with Crippen molar-refractivity contribution in [3.8, 4) is 16.9 Å². The first-order valence-electron chi connectivity index (χ1n) is 8.79. The lowest BCUT2D eigenvalue weighted by atomic mass is 9.84. The summed E-state index contributed by atoms with van der Waals surface area (Å²) in [6.07, 6.45) is 0. The lowest BCUT2D eigenvalue weighted by Crippen LogP contribution is -2.03. The number of hydrogen-bond acceptors (Lipinski definition) is 1. The van der Waals surface area contributed by atoms with Gasteiger partial charge in [-0.25, -0.2) is 0 Å². The molecule has 0 fully saturated rings. The molecule has 0 aliphatic heterocycles. The van der Waals surface area contributed by atoms with E-state index in [1.54, 1.807) is 7.11 Å². The number of rotatable bonds is 5. The van der Waals surface area contributed by atoms with Crippen molar-refractivity contribution in [1.82, 2.24) is 0 Å². The monoisotopic (exact) mass is 436 g/mol. The molecule has 130 valence electrons. The molecule has 2 aromatic rings. The Bertz CT molecular complexity index is 688. The average molecular weight is 436 g/mol. The summed E-state index contributed by atoms with van der Waals surface area (Å²) in [6.45, 7) is 13.5. The van der Waals surface area contributed by atoms with Crippen LogP contribution in [-0.2, 0) is 0 Å². The van der Waals surface area contributed by atoms with Gasteiger partial charge in [-0.3, -0.25) is 0 Å². The summed E-state index contributed by atoms with van der Waals surface area (Å²) >= 11 is 2.46. The molecule has 0 heterocycles. The van der Waals surface area contributed by atoms with Crippen molar-refractivity contribution < 1.29 is 4.74 Å². The molecule has 0 aliphatic rings. The smallest absolute Gasteiger partial charge is 0.136 e. The Morgan fingerprint density at radius 3 is 1.67 bits per heavy atom. The lowest BCUT2D eigenvalue weighted by Gasteiger charge is -2.23. The Labute approximate surface area is 161 Å². The summed E-state index contributed by atoms with van der Waals surface area (Å²) in [7, 11) is 1.78. The zero-order valence-corrected chi connectivity index (χ0v) is 18.1. The van der Waals surface area contributed by atoms with Gasteiger partial charge in [-0.1, -0.05) is 71.9 Å². The summed E-state index contributed by atoms with van der Waals surface area (Å²) in [5.74, 6) is 2.46. The van der Waals surface area contributed by atoms with Gasteiger partial charge in [0.25, 0.3) is 0 Å². The van der Waals surface area contributed by atoms with Crippen molar-refractivity contribution >= 4 is 22.6 Å². The lowest BCUT2D eigenvalue weighted by molar-refractivity contribution is 0.405. The van der Waals surface area contributed by atoms with Crippen LogP contribution in [0.3, 0.4) is 0 Å². The molecule has 1 nitrogen and oxygen atoms in total. The van der Waals surface area contributed by atoms with Gasteiger partial charge in [-0.15, -0.1) is 0 Å². The van der Waals surface area contributed by atoms with Crippen molar-refractivity contribution in [3.05, 3.63) is 50.6 Å². The fourth-order valence-electron chi connectivity index (χ4n) is 3.29. The third-order valence-electron chi connectivity index (χ3n) is 4.60. The van der Waals surface area contributed by atoms with Gasteiger partial charge < -0.3 is 4.74 Å². The van der Waals surface area contributed by atoms with Crippen LogP contribution in [0.2, 0.25) is 0 Å². The van der Waals surface area contributed by atoms with Gasteiger partial charge >= 0.3 is 0 Å². The van der Waals surface area contributed by atoms with Crippen molar-refractivity contribution in [2.75, 3.05) is 7.11 Å². The summed E-state index contributed by atoms with van der Waals surface area (Å²) in [4.78, 5) is 0. The second-order valence-corrected chi connectivity index (χ2v) is 8.40. The van der Waals surface area contributed by atoms with Crippen molar-refractivity contribution in [1.29, 1.82) is 0 Å². The highest BCUT2D eigenvalue weighted by molar-refractivity contribution is 14.1. The van der Waals surface area contributed by atoms with Crippen LogP contribution in [0.5, 0.6) is 5.75 Å². The Morgan fingerprint density at radius 2 is 1.25 bits per heavy atom. The van der Waals surface area contributed by atoms with Crippen LogP contribution in [0.25, 0.3) is 11.1 Å². The number of ether oxygens (including phenoxy) is 1. The van der Waals surface area contributed by atoms with Gasteiger partial charge in [0.2, 0.25) is 0 Å². The Balaban J connectivity index is 2.81. The molecule has 0 aliphatic carbocycles. The van der Waals surface area contributed by atoms with Crippen LogP contribution in [0.15, 0.2) is 30.3 Å². The zero-order chi connectivity index (χ0) is 18.0. The van der Waals surface area contributed by atoms with Crippen LogP contribution < -0.4 is 4.74 Å². The first kappa shape index (κ1) is 19.3. The minimum absolute atomic E-state index is 0.451. The molecule has 0 bridgehead atoms. The topological polar surface area (TPSA) is 9.23 Å². The molecule has 0 spiro atoms. The van der Waals surface area contributed by atoms with E-state index in [2.05, 4.69) is 94.5 Å². The largest absolute Gasteiger partial charge is 0.495 e. The minimum atomic E-state index is 0.451. The van der Waals surface area contributed by atoms with Crippen LogP contribution in [-0.4, -0.2) is 7.11 Å². The third-order valence-corrected chi connectivity index (χ3v) is 5.67. The maximum Gasteiger partial charge on any atom is 0.136 e. The highest BCUT2D eigenvalue weighted by Gasteiger charge is 2.21. The summed E-state index contributed by atoms with van der Waals surface area (Å²) in [5.41, 5.74) is 6.79. The molecule has 0 unspecified atom stereocenters. The van der Waals surface area contributed by atoms with Gasteiger partial charge in [0.05, 0.1) is 10.7 Å². The molecule has 2 rings (SSSR count). The molecule has 0 radical (unpaired) electrons. The van der Waals surface area contributed by atoms with Crippen molar-refractivity contribution in [2.45, 2.75) is 59.3 Å². The van der Waals surface area contributed by atoms with Crippen molar-refractivity contribution in [2.24, 2.45) is 0 Å². The maximum atomic E-state index is 5.79. The van der Waals surface area contributed by atoms with E-state index < -0.39 is 0 Å². The van der Waals surface area contributed by atoms with Crippen LogP contribution in [0.4, 0.5) is 0 Å². The maximum absolute atomic E-state index is 5.79. The SMILES string of the molecule is COc1c(C(C)C)ccc(-c2c(C(C)C)cccc2C(C)C)c1I. The van der Waals surface area contributed by atoms with Gasteiger partial charge in [0, 0.05) is 0 Å². The predicted molar refractivity (Wildman–Crippen MR) is 113 cm³/mol. The first-order valence-corrected chi connectivity index (χ1v) is 9.86. The molecular weight excluding hydrogens is 407 g/mol. The van der Waals surface area contributed by atoms with Crippen LogP contribution in [0.1, 0.15) is 76.0 Å². The first-order chi connectivity index (χ1) is 11.3. The molecule has 0 N–H and O–H groups in total. The summed E-state index contributed by atoms with van der Waals surface area (Å²) < 4.78 is 7.01. The second-order valence-electron chi connectivity index (χ2n) is 7.33. The Morgan fingerprint density at radius 1 is 0.750 bits per heavy atom. The summed E-state index contributed by atoms with van der Waals surface area (Å²) in [5, 5.41) is 0. The molecule has 0 aromatic heterocycles. The van der Waals surface area contributed by atoms with E-state index in [0.29, 0.717) is 17.8 Å². The van der Waals surface area contributed by atoms with Crippen LogP contribution >= 0.6 is 22.6 Å². The molecule has 2 aromatic carbocycles. The Kier molecular flexibility index (Phi) is 6.35. The quantitative estimate of drug-likeness (QED) is 0.446. The van der Waals surface area contributed by atoms with Crippen LogP contribution in [0, 0.1) is 3.57 Å². The van der Waals surface area contributed by atoms with Gasteiger partial charge in [0.1, 0.15) is 5.75 Å². The highest BCUT2D eigenvalue weighted by atomic mass is 127. The standard InChI is InChI=1S/C22H29IO/c1-13(2)16-9-8-10-17(14(3)4)20(16)19-12-11-18(15(5)6)22(24-7)21(19)23/h8-15H,1-7H3. The summed E-state index contributed by atoms with van der Waals surface area (Å²) in [6, 6.07) is 11.3. The van der Waals surface area contributed by atoms with E-state index in [-0.39, 0.29) is 0 Å². The van der Waals surface area contributed by atoms with E-state index in [0.717, 1.165) is 5.75 Å². The number of hydrogen-bond donors (Lipinski definition) is 0. The fraction of sp³-hybridized carbons (Fsp3) is 0.455. The number of methoxy groups -OCH3 is 1. The predicted octanol–water partition coefficient (Wildman–Crippen LogP) is 7.34. The van der Waals surface area contributed by atoms with E-state index in [9.17, 15) is 0 Å². The number of benzene rings is 2. The minimum Gasteiger partial charge on any atom is -0.495 e. The third kappa shape index (κ3) is 3.63. The number of halogens is 1. The van der Waals surface area contributed by atoms with E-state index in [1.165, 1.54) is 31.4 Å². The van der Waals surface area contributed by atoms with E-state index in [4.69, 9.17) is 4.74 Å². The van der Waals surface area contributed by atoms with Gasteiger partial charge in [-0.2, -0.15) is 0 Å². The molecule has 0 atom stereocenters. The van der Waals surface area contributed by atoms with Gasteiger partial charge in [-0.05, 0) is 68.2 Å². The second kappa shape index (κ2) is 7.90. The van der Waals surface area contributed by atoms with Crippen molar-refractivity contribution in [3.63, 3.8) is 0 Å². The molecule has 0 amide bonds. The molecule has 2 heteroatoms. The Hall–Kier alpha value is -1.03. The van der Waals surface area contributed by atoms with E-state index >= 15 is 0 Å². The molecule has 24 heavy (non-hydrogen) atoms. The van der Waals surface area contributed by atoms with E-state index in [1.807, 2.05) is 0 Å².